The predicted octanol–water partition coefficient (Wildman–Crippen LogP) is 2.68. The molecule has 2 aromatic heterocycles. The number of amides is 1. The molecular formula is C19H17N3O2. The Bertz CT molecular complexity index is 900. The molecule has 0 saturated heterocycles. The Balaban J connectivity index is 1.76. The van der Waals surface area contributed by atoms with Crippen molar-refractivity contribution in [3.63, 3.8) is 0 Å². The number of H-pyrrole nitrogens is 1. The lowest BCUT2D eigenvalue weighted by Gasteiger charge is -2.06. The minimum atomic E-state index is -0.402. The topological polar surface area (TPSA) is 74.8 Å². The Morgan fingerprint density at radius 1 is 1.04 bits per heavy atom. The number of carbonyl (C=O) groups excluding carboxylic acids is 1. The van der Waals surface area contributed by atoms with Crippen molar-refractivity contribution in [3.05, 3.63) is 88.0 Å². The van der Waals surface area contributed by atoms with Gasteiger partial charge in [0.2, 0.25) is 0 Å². The van der Waals surface area contributed by atoms with Crippen molar-refractivity contribution >= 4 is 5.91 Å². The van der Waals surface area contributed by atoms with Gasteiger partial charge in [0.1, 0.15) is 5.56 Å². The van der Waals surface area contributed by atoms with E-state index in [1.807, 2.05) is 43.3 Å². The maximum atomic E-state index is 12.2. The van der Waals surface area contributed by atoms with E-state index in [4.69, 9.17) is 0 Å². The smallest absolute Gasteiger partial charge is 0.261 e. The van der Waals surface area contributed by atoms with Gasteiger partial charge < -0.3 is 10.3 Å². The molecule has 5 nitrogen and oxygen atoms in total. The van der Waals surface area contributed by atoms with Crippen molar-refractivity contribution < 1.29 is 4.79 Å². The molecule has 0 saturated carbocycles. The van der Waals surface area contributed by atoms with Gasteiger partial charge in [0.15, 0.2) is 0 Å². The zero-order valence-corrected chi connectivity index (χ0v) is 13.2. The van der Waals surface area contributed by atoms with Crippen LogP contribution in [-0.2, 0) is 6.54 Å². The van der Waals surface area contributed by atoms with E-state index >= 15 is 0 Å². The number of aryl methyl sites for hydroxylation is 1. The molecule has 0 aliphatic heterocycles. The zero-order valence-electron chi connectivity index (χ0n) is 13.2. The average Bonchev–Trinajstić information content (AvgIpc) is 2.61. The lowest BCUT2D eigenvalue weighted by Crippen LogP contribution is -2.29. The van der Waals surface area contributed by atoms with Gasteiger partial charge in [-0.3, -0.25) is 14.6 Å². The molecule has 3 rings (SSSR count). The number of hydrogen-bond donors (Lipinski definition) is 2. The van der Waals surface area contributed by atoms with Gasteiger partial charge in [0.25, 0.3) is 11.5 Å². The number of hydrogen-bond acceptors (Lipinski definition) is 3. The highest BCUT2D eigenvalue weighted by molar-refractivity contribution is 5.94. The summed E-state index contributed by atoms with van der Waals surface area (Å²) in [7, 11) is 0. The highest BCUT2D eigenvalue weighted by Gasteiger charge is 2.11. The number of benzene rings is 1. The molecule has 0 radical (unpaired) electrons. The van der Waals surface area contributed by atoms with Crippen molar-refractivity contribution in [2.24, 2.45) is 0 Å². The first-order valence-electron chi connectivity index (χ1n) is 7.61. The van der Waals surface area contributed by atoms with Gasteiger partial charge in [0.05, 0.1) is 0 Å². The fraction of sp³-hybridized carbons (Fsp3) is 0.105. The molecule has 2 heterocycles. The SMILES string of the molecule is Cc1ccc(-c2ccc(C(=O)NCc3ccncc3)c(=O)[nH]2)cc1. The average molecular weight is 319 g/mol. The van der Waals surface area contributed by atoms with Gasteiger partial charge in [-0.15, -0.1) is 0 Å². The second-order valence-corrected chi connectivity index (χ2v) is 5.52. The van der Waals surface area contributed by atoms with Crippen LogP contribution in [0.2, 0.25) is 0 Å². The molecule has 0 unspecified atom stereocenters. The zero-order chi connectivity index (χ0) is 16.9. The largest absolute Gasteiger partial charge is 0.348 e. The quantitative estimate of drug-likeness (QED) is 0.776. The number of nitrogens with zero attached hydrogens (tertiary/aromatic N) is 1. The minimum absolute atomic E-state index is 0.0971. The standard InChI is InChI=1S/C19H17N3O2/c1-13-2-4-15(5-3-13)17-7-6-16(19(24)22-17)18(23)21-12-14-8-10-20-11-9-14/h2-11H,12H2,1H3,(H,21,23)(H,22,24). The molecule has 0 fully saturated rings. The highest BCUT2D eigenvalue weighted by Crippen LogP contribution is 2.16. The first-order valence-corrected chi connectivity index (χ1v) is 7.61. The molecule has 0 spiro atoms. The Kier molecular flexibility index (Phi) is 4.52. The van der Waals surface area contributed by atoms with E-state index in [0.717, 1.165) is 16.7 Å². The fourth-order valence-corrected chi connectivity index (χ4v) is 2.33. The molecule has 5 heteroatoms. The van der Waals surface area contributed by atoms with E-state index < -0.39 is 11.5 Å². The van der Waals surface area contributed by atoms with Gasteiger partial charge in [-0.05, 0) is 42.3 Å². The van der Waals surface area contributed by atoms with Crippen molar-refractivity contribution in [1.82, 2.24) is 15.3 Å². The number of aromatic nitrogens is 2. The van der Waals surface area contributed by atoms with E-state index in [9.17, 15) is 9.59 Å². The van der Waals surface area contributed by atoms with Crippen molar-refractivity contribution in [2.75, 3.05) is 0 Å². The van der Waals surface area contributed by atoms with Gasteiger partial charge in [-0.1, -0.05) is 29.8 Å². The normalized spacial score (nSPS) is 10.4. The maximum absolute atomic E-state index is 12.2. The van der Waals surface area contributed by atoms with E-state index in [0.29, 0.717) is 12.2 Å². The van der Waals surface area contributed by atoms with E-state index in [-0.39, 0.29) is 5.56 Å². The van der Waals surface area contributed by atoms with Crippen LogP contribution in [-0.4, -0.2) is 15.9 Å². The van der Waals surface area contributed by atoms with Crippen LogP contribution in [0.4, 0.5) is 0 Å². The van der Waals surface area contributed by atoms with Crippen LogP contribution in [0, 0.1) is 6.92 Å². The molecule has 2 N–H and O–H groups in total. The van der Waals surface area contributed by atoms with Gasteiger partial charge in [-0.25, -0.2) is 0 Å². The summed E-state index contributed by atoms with van der Waals surface area (Å²) in [5, 5.41) is 2.74. The van der Waals surface area contributed by atoms with E-state index in [2.05, 4.69) is 15.3 Å². The third-order valence-electron chi connectivity index (χ3n) is 3.72. The van der Waals surface area contributed by atoms with Gasteiger partial charge in [0, 0.05) is 24.6 Å². The summed E-state index contributed by atoms with van der Waals surface area (Å²) in [6.07, 6.45) is 3.31. The third-order valence-corrected chi connectivity index (χ3v) is 3.72. The Morgan fingerprint density at radius 2 is 1.75 bits per heavy atom. The van der Waals surface area contributed by atoms with Gasteiger partial charge >= 0.3 is 0 Å². The molecule has 120 valence electrons. The van der Waals surface area contributed by atoms with Gasteiger partial charge in [-0.2, -0.15) is 0 Å². The summed E-state index contributed by atoms with van der Waals surface area (Å²) < 4.78 is 0. The van der Waals surface area contributed by atoms with E-state index in [1.54, 1.807) is 24.5 Å². The second-order valence-electron chi connectivity index (χ2n) is 5.52. The summed E-state index contributed by atoms with van der Waals surface area (Å²) in [6, 6.07) is 14.7. The molecule has 1 aromatic carbocycles. The van der Waals surface area contributed by atoms with Crippen molar-refractivity contribution in [2.45, 2.75) is 13.5 Å². The van der Waals surface area contributed by atoms with Crippen LogP contribution in [0.25, 0.3) is 11.3 Å². The van der Waals surface area contributed by atoms with Crippen LogP contribution in [0.1, 0.15) is 21.5 Å². The maximum Gasteiger partial charge on any atom is 0.261 e. The summed E-state index contributed by atoms with van der Waals surface area (Å²) in [5.41, 5.74) is 3.35. The Hall–Kier alpha value is -3.21. The molecule has 0 atom stereocenters. The summed E-state index contributed by atoms with van der Waals surface area (Å²) in [5.74, 6) is -0.400. The first-order chi connectivity index (χ1) is 11.6. The lowest BCUT2D eigenvalue weighted by atomic mass is 10.1. The summed E-state index contributed by atoms with van der Waals surface area (Å²) in [6.45, 7) is 2.35. The monoisotopic (exact) mass is 319 g/mol. The number of nitrogens with one attached hydrogen (secondary N) is 2. The lowest BCUT2D eigenvalue weighted by molar-refractivity contribution is 0.0949. The van der Waals surface area contributed by atoms with Crippen molar-refractivity contribution in [1.29, 1.82) is 0 Å². The van der Waals surface area contributed by atoms with Crippen LogP contribution in [0.3, 0.4) is 0 Å². The second kappa shape index (κ2) is 6.91. The minimum Gasteiger partial charge on any atom is -0.348 e. The molecule has 0 aliphatic rings. The summed E-state index contributed by atoms with van der Waals surface area (Å²) in [4.78, 5) is 31.1. The predicted molar refractivity (Wildman–Crippen MR) is 92.6 cm³/mol. The fourth-order valence-electron chi connectivity index (χ4n) is 2.33. The van der Waals surface area contributed by atoms with Crippen LogP contribution in [0.15, 0.2) is 65.7 Å². The molecule has 3 aromatic rings. The highest BCUT2D eigenvalue weighted by atomic mass is 16.2. The molecule has 0 aliphatic carbocycles. The van der Waals surface area contributed by atoms with Crippen LogP contribution >= 0.6 is 0 Å². The number of pyridine rings is 2. The Morgan fingerprint density at radius 3 is 2.42 bits per heavy atom. The molecule has 24 heavy (non-hydrogen) atoms. The van der Waals surface area contributed by atoms with Crippen LogP contribution in [0.5, 0.6) is 0 Å². The summed E-state index contributed by atoms with van der Waals surface area (Å²) >= 11 is 0. The molecule has 1 amide bonds. The molecule has 0 bridgehead atoms. The Labute approximate surface area is 139 Å². The number of rotatable bonds is 4. The number of aromatic amines is 1. The number of carbonyl (C=O) groups is 1. The molecular weight excluding hydrogens is 302 g/mol. The first kappa shape index (κ1) is 15.7. The van der Waals surface area contributed by atoms with E-state index in [1.165, 1.54) is 0 Å². The van der Waals surface area contributed by atoms with Crippen LogP contribution < -0.4 is 10.9 Å². The van der Waals surface area contributed by atoms with Crippen molar-refractivity contribution in [3.8, 4) is 11.3 Å². The third kappa shape index (κ3) is 3.57.